The van der Waals surface area contributed by atoms with Crippen LogP contribution in [0, 0.1) is 0 Å². The van der Waals surface area contributed by atoms with E-state index in [9.17, 15) is 19.5 Å². The van der Waals surface area contributed by atoms with Gasteiger partial charge >= 0.3 is 6.09 Å². The monoisotopic (exact) mass is 587 g/mol. The molecule has 1 atom stereocenters. The third kappa shape index (κ3) is 7.79. The average Bonchev–Trinajstić information content (AvgIpc) is 3.55. The van der Waals surface area contributed by atoms with Gasteiger partial charge in [0, 0.05) is 44.2 Å². The standard InChI is InChI=1S/C32H37N5O6/c1-2-42-32(41)37-18-16-36(17-19-37)31(40)27(20-22-12-14-24(38)15-13-22)34-30(39)26-21-28(43-25-10-6-7-11-25)35-29(33-26)23-8-4-3-5-9-23/h3-5,8-9,12-15,21,25,27,38H,2,6-7,10-11,16-20H2,1H3,(H,34,39)/t27-/m0/s1. The van der Waals surface area contributed by atoms with Crippen molar-refractivity contribution < 1.29 is 29.0 Å². The molecule has 1 aliphatic carbocycles. The lowest BCUT2D eigenvalue weighted by Gasteiger charge is -2.36. The fraction of sp³-hybridized carbons (Fsp3) is 0.406. The number of carbonyl (C=O) groups is 3. The molecule has 1 aliphatic heterocycles. The van der Waals surface area contributed by atoms with Gasteiger partial charge in [-0.2, -0.15) is 4.98 Å². The lowest BCUT2D eigenvalue weighted by molar-refractivity contribution is -0.134. The second kappa shape index (κ2) is 14.0. The molecule has 3 amide bonds. The summed E-state index contributed by atoms with van der Waals surface area (Å²) in [5, 5.41) is 12.6. The Bertz CT molecular complexity index is 1400. The van der Waals surface area contributed by atoms with Gasteiger partial charge in [-0.15, -0.1) is 0 Å². The molecule has 0 bridgehead atoms. The SMILES string of the molecule is CCOC(=O)N1CCN(C(=O)[C@H](Cc2ccc(O)cc2)NC(=O)c2cc(OC3CCCC3)nc(-c3ccccc3)n2)CC1. The smallest absolute Gasteiger partial charge is 0.409 e. The van der Waals surface area contributed by atoms with Crippen molar-refractivity contribution in [3.63, 3.8) is 0 Å². The number of piperazine rings is 1. The van der Waals surface area contributed by atoms with Crippen LogP contribution in [0.25, 0.3) is 11.4 Å². The molecule has 2 fully saturated rings. The highest BCUT2D eigenvalue weighted by Gasteiger charge is 2.31. The number of nitrogens with one attached hydrogen (secondary N) is 1. The first-order chi connectivity index (χ1) is 20.9. The third-order valence-electron chi connectivity index (χ3n) is 7.65. The minimum absolute atomic E-state index is 0.0338. The van der Waals surface area contributed by atoms with Crippen LogP contribution in [-0.2, 0) is 16.0 Å². The van der Waals surface area contributed by atoms with E-state index in [4.69, 9.17) is 9.47 Å². The van der Waals surface area contributed by atoms with E-state index in [-0.39, 0.29) is 36.5 Å². The molecule has 0 spiro atoms. The van der Waals surface area contributed by atoms with Gasteiger partial charge in [0.15, 0.2) is 5.82 Å². The van der Waals surface area contributed by atoms with Gasteiger partial charge in [-0.25, -0.2) is 9.78 Å². The molecule has 0 unspecified atom stereocenters. The molecule has 1 saturated carbocycles. The van der Waals surface area contributed by atoms with Crippen LogP contribution in [0.4, 0.5) is 4.79 Å². The van der Waals surface area contributed by atoms with E-state index in [0.29, 0.717) is 37.9 Å². The molecule has 2 heterocycles. The molecule has 2 N–H and O–H groups in total. The van der Waals surface area contributed by atoms with Crippen molar-refractivity contribution in [2.24, 2.45) is 0 Å². The van der Waals surface area contributed by atoms with Crippen LogP contribution in [0.3, 0.4) is 0 Å². The van der Waals surface area contributed by atoms with E-state index in [1.54, 1.807) is 41.0 Å². The topological polar surface area (TPSA) is 134 Å². The Morgan fingerprint density at radius 1 is 0.953 bits per heavy atom. The van der Waals surface area contributed by atoms with Crippen molar-refractivity contribution >= 4 is 17.9 Å². The zero-order chi connectivity index (χ0) is 30.2. The molecule has 2 aliphatic rings. The highest BCUT2D eigenvalue weighted by molar-refractivity contribution is 5.96. The van der Waals surface area contributed by atoms with E-state index >= 15 is 0 Å². The molecule has 1 aromatic heterocycles. The molecule has 11 nitrogen and oxygen atoms in total. The summed E-state index contributed by atoms with van der Waals surface area (Å²) in [6.45, 7) is 3.31. The van der Waals surface area contributed by atoms with Gasteiger partial charge < -0.3 is 29.7 Å². The summed E-state index contributed by atoms with van der Waals surface area (Å²) in [6, 6.07) is 16.5. The molecule has 43 heavy (non-hydrogen) atoms. The van der Waals surface area contributed by atoms with Crippen LogP contribution >= 0.6 is 0 Å². The predicted octanol–water partition coefficient (Wildman–Crippen LogP) is 3.81. The third-order valence-corrected chi connectivity index (χ3v) is 7.65. The van der Waals surface area contributed by atoms with E-state index in [1.807, 2.05) is 30.3 Å². The Morgan fingerprint density at radius 3 is 2.30 bits per heavy atom. The zero-order valence-corrected chi connectivity index (χ0v) is 24.3. The summed E-state index contributed by atoms with van der Waals surface area (Å²) in [5.41, 5.74) is 1.60. The summed E-state index contributed by atoms with van der Waals surface area (Å²) in [6.07, 6.45) is 3.86. The van der Waals surface area contributed by atoms with Crippen LogP contribution < -0.4 is 10.1 Å². The summed E-state index contributed by atoms with van der Waals surface area (Å²) in [4.78, 5) is 52.0. The Hall–Kier alpha value is -4.67. The van der Waals surface area contributed by atoms with Gasteiger partial charge in [0.1, 0.15) is 23.6 Å². The minimum atomic E-state index is -0.916. The number of hydrogen-bond donors (Lipinski definition) is 2. The number of benzene rings is 2. The van der Waals surface area contributed by atoms with Crippen LogP contribution in [0.15, 0.2) is 60.7 Å². The van der Waals surface area contributed by atoms with E-state index < -0.39 is 18.0 Å². The second-order valence-electron chi connectivity index (χ2n) is 10.7. The number of phenols is 1. The number of ether oxygens (including phenoxy) is 2. The maximum Gasteiger partial charge on any atom is 0.409 e. The average molecular weight is 588 g/mol. The van der Waals surface area contributed by atoms with Crippen molar-refractivity contribution in [2.45, 2.75) is 51.2 Å². The minimum Gasteiger partial charge on any atom is -0.508 e. The first-order valence-electron chi connectivity index (χ1n) is 14.8. The quantitative estimate of drug-likeness (QED) is 0.386. The highest BCUT2D eigenvalue weighted by atomic mass is 16.6. The number of phenolic OH excluding ortho intramolecular Hbond substituents is 1. The van der Waals surface area contributed by atoms with Crippen LogP contribution in [-0.4, -0.2) is 87.7 Å². The molecular weight excluding hydrogens is 550 g/mol. The largest absolute Gasteiger partial charge is 0.508 e. The van der Waals surface area contributed by atoms with Crippen molar-refractivity contribution in [1.82, 2.24) is 25.1 Å². The first kappa shape index (κ1) is 29.8. The normalized spacial score (nSPS) is 16.0. The number of amides is 3. The molecular formula is C32H37N5O6. The lowest BCUT2D eigenvalue weighted by atomic mass is 10.0. The van der Waals surface area contributed by atoms with Gasteiger partial charge in [0.05, 0.1) is 6.61 Å². The molecule has 11 heteroatoms. The van der Waals surface area contributed by atoms with Crippen molar-refractivity contribution in [1.29, 1.82) is 0 Å². The Balaban J connectivity index is 1.38. The van der Waals surface area contributed by atoms with Gasteiger partial charge in [-0.05, 0) is 50.3 Å². The maximum atomic E-state index is 13.8. The van der Waals surface area contributed by atoms with E-state index in [1.165, 1.54) is 6.07 Å². The number of carbonyl (C=O) groups excluding carboxylic acids is 3. The van der Waals surface area contributed by atoms with Gasteiger partial charge in [0.2, 0.25) is 11.8 Å². The Morgan fingerprint density at radius 2 is 1.63 bits per heavy atom. The molecule has 226 valence electrons. The summed E-state index contributed by atoms with van der Waals surface area (Å²) >= 11 is 0. The Kier molecular flexibility index (Phi) is 9.70. The highest BCUT2D eigenvalue weighted by Crippen LogP contribution is 2.25. The van der Waals surface area contributed by atoms with Gasteiger partial charge in [-0.1, -0.05) is 42.5 Å². The molecule has 2 aromatic carbocycles. The summed E-state index contributed by atoms with van der Waals surface area (Å²) in [7, 11) is 0. The van der Waals surface area contributed by atoms with Gasteiger partial charge in [-0.3, -0.25) is 9.59 Å². The maximum absolute atomic E-state index is 13.8. The fourth-order valence-electron chi connectivity index (χ4n) is 5.34. The van der Waals surface area contributed by atoms with Crippen LogP contribution in [0.5, 0.6) is 11.6 Å². The zero-order valence-electron chi connectivity index (χ0n) is 24.3. The Labute approximate surface area is 250 Å². The van der Waals surface area contributed by atoms with E-state index in [0.717, 1.165) is 36.8 Å². The molecule has 5 rings (SSSR count). The molecule has 0 radical (unpaired) electrons. The van der Waals surface area contributed by atoms with Crippen molar-refractivity contribution in [2.75, 3.05) is 32.8 Å². The van der Waals surface area contributed by atoms with Crippen LogP contribution in [0.1, 0.15) is 48.7 Å². The number of nitrogens with zero attached hydrogens (tertiary/aromatic N) is 4. The summed E-state index contributed by atoms with van der Waals surface area (Å²) in [5.74, 6) is -0.0158. The number of hydrogen-bond acceptors (Lipinski definition) is 8. The van der Waals surface area contributed by atoms with Gasteiger partial charge in [0.25, 0.3) is 5.91 Å². The molecule has 1 saturated heterocycles. The number of aromatic hydroxyl groups is 1. The predicted molar refractivity (Wildman–Crippen MR) is 159 cm³/mol. The first-order valence-corrected chi connectivity index (χ1v) is 14.8. The van der Waals surface area contributed by atoms with Crippen molar-refractivity contribution in [3.05, 3.63) is 71.9 Å². The fourth-order valence-corrected chi connectivity index (χ4v) is 5.34. The molecule has 3 aromatic rings. The summed E-state index contributed by atoms with van der Waals surface area (Å²) < 4.78 is 11.2. The van der Waals surface area contributed by atoms with Crippen molar-refractivity contribution in [3.8, 4) is 23.0 Å². The van der Waals surface area contributed by atoms with Crippen LogP contribution in [0.2, 0.25) is 0 Å². The second-order valence-corrected chi connectivity index (χ2v) is 10.7. The number of aromatic nitrogens is 2. The lowest BCUT2D eigenvalue weighted by Crippen LogP contribution is -2.56. The number of rotatable bonds is 9. The van der Waals surface area contributed by atoms with E-state index in [2.05, 4.69) is 15.3 Å².